The molecule has 1 fully saturated rings. The molecule has 2 aliphatic rings. The SMILES string of the molecule is O=C(OCc1cc(=O)n2ccccc2n1)[C@H]1CCCN1C1=NS(=O)(=O)c2ccccc21. The summed E-state index contributed by atoms with van der Waals surface area (Å²) in [7, 11) is -3.78. The summed E-state index contributed by atoms with van der Waals surface area (Å²) in [6, 6.07) is 12.4. The third-order valence-electron chi connectivity index (χ3n) is 5.40. The van der Waals surface area contributed by atoms with E-state index in [4.69, 9.17) is 4.74 Å². The summed E-state index contributed by atoms with van der Waals surface area (Å²) in [5, 5.41) is 0. The zero-order valence-electron chi connectivity index (χ0n) is 16.3. The molecule has 3 aromatic rings. The van der Waals surface area contributed by atoms with Crippen molar-refractivity contribution in [3.05, 3.63) is 76.3 Å². The second kappa shape index (κ2) is 7.31. The molecule has 5 rings (SSSR count). The van der Waals surface area contributed by atoms with E-state index in [1.807, 2.05) is 0 Å². The van der Waals surface area contributed by atoms with Crippen molar-refractivity contribution in [3.63, 3.8) is 0 Å². The average Bonchev–Trinajstić information content (AvgIpc) is 3.35. The van der Waals surface area contributed by atoms with E-state index in [-0.39, 0.29) is 22.9 Å². The summed E-state index contributed by atoms with van der Waals surface area (Å²) in [5.74, 6) is -0.228. The number of fused-ring (bicyclic) bond motifs is 2. The molecule has 0 aliphatic carbocycles. The minimum Gasteiger partial charge on any atom is -0.458 e. The number of aromatic nitrogens is 2. The van der Waals surface area contributed by atoms with Crippen molar-refractivity contribution in [2.75, 3.05) is 6.54 Å². The molecule has 158 valence electrons. The summed E-state index contributed by atoms with van der Waals surface area (Å²) >= 11 is 0. The monoisotopic (exact) mass is 438 g/mol. The zero-order valence-corrected chi connectivity index (χ0v) is 17.2. The number of benzene rings is 1. The van der Waals surface area contributed by atoms with Gasteiger partial charge in [-0.15, -0.1) is 4.40 Å². The van der Waals surface area contributed by atoms with E-state index in [2.05, 4.69) is 9.38 Å². The highest BCUT2D eigenvalue weighted by Gasteiger charge is 2.39. The van der Waals surface area contributed by atoms with Crippen molar-refractivity contribution in [3.8, 4) is 0 Å². The largest absolute Gasteiger partial charge is 0.458 e. The number of amidine groups is 1. The van der Waals surface area contributed by atoms with E-state index < -0.39 is 22.0 Å². The third kappa shape index (κ3) is 3.38. The Bertz CT molecular complexity index is 1400. The highest BCUT2D eigenvalue weighted by atomic mass is 32.2. The number of nitrogens with zero attached hydrogens (tertiary/aromatic N) is 4. The number of carbonyl (C=O) groups is 1. The molecule has 9 nitrogen and oxygen atoms in total. The Labute approximate surface area is 177 Å². The molecule has 4 heterocycles. The van der Waals surface area contributed by atoms with Gasteiger partial charge in [-0.1, -0.05) is 18.2 Å². The summed E-state index contributed by atoms with van der Waals surface area (Å²) in [6.07, 6.45) is 2.84. The number of pyridine rings is 1. The van der Waals surface area contributed by atoms with Crippen LogP contribution in [0.25, 0.3) is 5.65 Å². The van der Waals surface area contributed by atoms with Crippen molar-refractivity contribution in [1.29, 1.82) is 0 Å². The number of carbonyl (C=O) groups excluding carboxylic acids is 1. The molecule has 0 bridgehead atoms. The lowest BCUT2D eigenvalue weighted by molar-refractivity contribution is -0.149. The number of sulfonamides is 1. The van der Waals surface area contributed by atoms with Crippen LogP contribution in [0.1, 0.15) is 24.1 Å². The lowest BCUT2D eigenvalue weighted by Gasteiger charge is -2.24. The van der Waals surface area contributed by atoms with Crippen molar-refractivity contribution in [2.45, 2.75) is 30.4 Å². The van der Waals surface area contributed by atoms with Crippen LogP contribution in [-0.4, -0.2) is 47.1 Å². The number of likely N-dealkylation sites (tertiary alicyclic amines) is 1. The highest BCUT2D eigenvalue weighted by molar-refractivity contribution is 7.90. The van der Waals surface area contributed by atoms with E-state index in [9.17, 15) is 18.0 Å². The predicted octanol–water partition coefficient (Wildman–Crippen LogP) is 1.35. The van der Waals surface area contributed by atoms with Crippen LogP contribution in [0.2, 0.25) is 0 Å². The average molecular weight is 438 g/mol. The van der Waals surface area contributed by atoms with Gasteiger partial charge in [0.1, 0.15) is 23.2 Å². The van der Waals surface area contributed by atoms with Crippen molar-refractivity contribution >= 4 is 27.5 Å². The Morgan fingerprint density at radius 3 is 2.84 bits per heavy atom. The first-order chi connectivity index (χ1) is 14.9. The van der Waals surface area contributed by atoms with Crippen LogP contribution in [0.15, 0.2) is 68.8 Å². The van der Waals surface area contributed by atoms with Gasteiger partial charge < -0.3 is 9.64 Å². The quantitative estimate of drug-likeness (QED) is 0.568. The molecule has 0 N–H and O–H groups in total. The van der Waals surface area contributed by atoms with Crippen LogP contribution in [0.4, 0.5) is 0 Å². The molecule has 0 spiro atoms. The van der Waals surface area contributed by atoms with Crippen LogP contribution in [0.5, 0.6) is 0 Å². The van der Waals surface area contributed by atoms with E-state index in [0.717, 1.165) is 0 Å². The van der Waals surface area contributed by atoms with Crippen LogP contribution in [0, 0.1) is 0 Å². The Kier molecular flexibility index (Phi) is 4.58. The van der Waals surface area contributed by atoms with Gasteiger partial charge in [0.05, 0.1) is 5.69 Å². The van der Waals surface area contributed by atoms with E-state index in [1.54, 1.807) is 47.5 Å². The molecule has 1 saturated heterocycles. The second-order valence-electron chi connectivity index (χ2n) is 7.36. The summed E-state index contributed by atoms with van der Waals surface area (Å²) in [5.41, 5.74) is 1.04. The molecule has 0 unspecified atom stereocenters. The second-order valence-corrected chi connectivity index (χ2v) is 8.93. The normalized spacial score (nSPS) is 19.3. The third-order valence-corrected chi connectivity index (χ3v) is 6.72. The van der Waals surface area contributed by atoms with Gasteiger partial charge in [-0.25, -0.2) is 9.78 Å². The lowest BCUT2D eigenvalue weighted by Crippen LogP contribution is -2.41. The molecular weight excluding hydrogens is 420 g/mol. The number of rotatable bonds is 3. The maximum Gasteiger partial charge on any atom is 0.329 e. The highest BCUT2D eigenvalue weighted by Crippen LogP contribution is 2.31. The number of esters is 1. The van der Waals surface area contributed by atoms with Crippen LogP contribution in [-0.2, 0) is 26.2 Å². The fourth-order valence-electron chi connectivity index (χ4n) is 3.98. The molecular formula is C21H18N4O5S. The van der Waals surface area contributed by atoms with Crippen LogP contribution < -0.4 is 5.56 Å². The van der Waals surface area contributed by atoms with E-state index >= 15 is 0 Å². The summed E-state index contributed by atoms with van der Waals surface area (Å²) in [6.45, 7) is 0.350. The maximum absolute atomic E-state index is 12.8. The minimum absolute atomic E-state index is 0.143. The lowest BCUT2D eigenvalue weighted by atomic mass is 10.1. The number of hydrogen-bond donors (Lipinski definition) is 0. The first-order valence-corrected chi connectivity index (χ1v) is 11.2. The van der Waals surface area contributed by atoms with Gasteiger partial charge >= 0.3 is 5.97 Å². The Morgan fingerprint density at radius 1 is 1.16 bits per heavy atom. The van der Waals surface area contributed by atoms with Gasteiger partial charge in [0.15, 0.2) is 5.84 Å². The fourth-order valence-corrected chi connectivity index (χ4v) is 5.20. The minimum atomic E-state index is -3.78. The van der Waals surface area contributed by atoms with Gasteiger partial charge in [-0.05, 0) is 37.1 Å². The van der Waals surface area contributed by atoms with Gasteiger partial charge in [0, 0.05) is 24.4 Å². The Morgan fingerprint density at radius 2 is 1.97 bits per heavy atom. The molecule has 31 heavy (non-hydrogen) atoms. The molecule has 10 heteroatoms. The van der Waals surface area contributed by atoms with Gasteiger partial charge in [0.2, 0.25) is 0 Å². The first-order valence-electron chi connectivity index (χ1n) is 9.79. The predicted molar refractivity (Wildman–Crippen MR) is 111 cm³/mol. The fraction of sp³-hybridized carbons (Fsp3) is 0.238. The molecule has 0 radical (unpaired) electrons. The van der Waals surface area contributed by atoms with Crippen molar-refractivity contribution in [1.82, 2.24) is 14.3 Å². The Hall–Kier alpha value is -3.53. The van der Waals surface area contributed by atoms with Crippen LogP contribution in [0.3, 0.4) is 0 Å². The smallest absolute Gasteiger partial charge is 0.329 e. The first kappa shape index (κ1) is 19.4. The van der Waals surface area contributed by atoms with Gasteiger partial charge in [-0.3, -0.25) is 9.20 Å². The van der Waals surface area contributed by atoms with Crippen LogP contribution >= 0.6 is 0 Å². The van der Waals surface area contributed by atoms with Crippen molar-refractivity contribution < 1.29 is 17.9 Å². The van der Waals surface area contributed by atoms with E-state index in [0.29, 0.717) is 36.3 Å². The molecule has 0 saturated carbocycles. The standard InChI is InChI=1S/C21H18N4O5S/c26-19-12-14(22-18-9-3-4-10-25(18)19)13-30-21(27)16-7-5-11-24(16)20-15-6-1-2-8-17(15)31(28,29)23-20/h1-4,6,8-10,12,16H,5,7,11,13H2/t16-/m1/s1. The Balaban J connectivity index is 1.36. The van der Waals surface area contributed by atoms with Crippen molar-refractivity contribution in [2.24, 2.45) is 4.40 Å². The zero-order chi connectivity index (χ0) is 21.6. The molecule has 1 aromatic carbocycles. The molecule has 2 aromatic heterocycles. The van der Waals surface area contributed by atoms with E-state index in [1.165, 1.54) is 16.5 Å². The molecule has 2 aliphatic heterocycles. The van der Waals surface area contributed by atoms with Gasteiger partial charge in [-0.2, -0.15) is 8.42 Å². The number of hydrogen-bond acceptors (Lipinski definition) is 7. The summed E-state index contributed by atoms with van der Waals surface area (Å²) < 4.78 is 35.5. The topological polar surface area (TPSA) is 110 Å². The molecule has 0 amide bonds. The number of ether oxygens (including phenoxy) is 1. The van der Waals surface area contributed by atoms with Gasteiger partial charge in [0.25, 0.3) is 15.6 Å². The molecule has 1 atom stereocenters. The maximum atomic E-state index is 12.8. The summed E-state index contributed by atoms with van der Waals surface area (Å²) in [4.78, 5) is 31.2.